The molecule has 0 bridgehead atoms. The molecule has 1 unspecified atom stereocenters. The van der Waals surface area contributed by atoms with Crippen LogP contribution in [0.5, 0.6) is 0 Å². The zero-order valence-corrected chi connectivity index (χ0v) is 12.9. The summed E-state index contributed by atoms with van der Waals surface area (Å²) in [5.74, 6) is -1.42. The third kappa shape index (κ3) is 4.59. The summed E-state index contributed by atoms with van der Waals surface area (Å²) < 4.78 is 64.0. The number of nitrogens with one attached hydrogen (secondary N) is 1. The third-order valence-electron chi connectivity index (χ3n) is 2.72. The highest BCUT2D eigenvalue weighted by atomic mass is 35.5. The molecule has 1 aromatic carbocycles. The van der Waals surface area contributed by atoms with Crippen molar-refractivity contribution in [3.05, 3.63) is 28.8 Å². The molecule has 1 aromatic rings. The van der Waals surface area contributed by atoms with Crippen LogP contribution < -0.4 is 4.72 Å². The number of carbonyl (C=O) groups is 1. The molecular formula is C12H13ClF3NO4S. The van der Waals surface area contributed by atoms with E-state index in [1.165, 1.54) is 0 Å². The highest BCUT2D eigenvalue weighted by Gasteiger charge is 2.33. The Morgan fingerprint density at radius 1 is 1.41 bits per heavy atom. The van der Waals surface area contributed by atoms with Crippen molar-refractivity contribution in [3.63, 3.8) is 0 Å². The average molecular weight is 360 g/mol. The van der Waals surface area contributed by atoms with E-state index in [2.05, 4.69) is 0 Å². The van der Waals surface area contributed by atoms with Gasteiger partial charge in [-0.1, -0.05) is 24.9 Å². The molecule has 2 N–H and O–H groups in total. The number of benzene rings is 1. The van der Waals surface area contributed by atoms with Crippen molar-refractivity contribution >= 4 is 27.6 Å². The fraction of sp³-hybridized carbons (Fsp3) is 0.417. The molecule has 0 aliphatic rings. The Labute approximate surface area is 130 Å². The molecular weight excluding hydrogens is 347 g/mol. The number of sulfonamides is 1. The van der Waals surface area contributed by atoms with Crippen LogP contribution in [0.4, 0.5) is 13.2 Å². The fourth-order valence-electron chi connectivity index (χ4n) is 1.66. The van der Waals surface area contributed by atoms with Gasteiger partial charge in [0.1, 0.15) is 10.9 Å². The van der Waals surface area contributed by atoms with Gasteiger partial charge in [-0.25, -0.2) is 8.42 Å². The second-order valence-corrected chi connectivity index (χ2v) is 6.53. The number of alkyl halides is 3. The van der Waals surface area contributed by atoms with E-state index in [1.807, 2.05) is 4.72 Å². The summed E-state index contributed by atoms with van der Waals surface area (Å²) in [6.45, 7) is 1.64. The first-order chi connectivity index (χ1) is 9.99. The molecule has 0 aliphatic carbocycles. The van der Waals surface area contributed by atoms with E-state index in [4.69, 9.17) is 16.7 Å². The topological polar surface area (TPSA) is 83.5 Å². The molecule has 0 heterocycles. The maximum Gasteiger partial charge on any atom is 0.416 e. The van der Waals surface area contributed by atoms with E-state index in [0.29, 0.717) is 18.6 Å². The van der Waals surface area contributed by atoms with E-state index in [-0.39, 0.29) is 6.42 Å². The fourth-order valence-corrected chi connectivity index (χ4v) is 3.41. The van der Waals surface area contributed by atoms with Crippen molar-refractivity contribution in [1.29, 1.82) is 0 Å². The van der Waals surface area contributed by atoms with Crippen molar-refractivity contribution in [2.75, 3.05) is 0 Å². The van der Waals surface area contributed by atoms with E-state index >= 15 is 0 Å². The predicted octanol–water partition coefficient (Wildman–Crippen LogP) is 2.89. The minimum Gasteiger partial charge on any atom is -0.480 e. The molecule has 0 radical (unpaired) electrons. The van der Waals surface area contributed by atoms with Crippen LogP contribution in [0.2, 0.25) is 5.02 Å². The summed E-state index contributed by atoms with van der Waals surface area (Å²) >= 11 is 5.64. The quantitative estimate of drug-likeness (QED) is 0.818. The molecule has 0 fully saturated rings. The van der Waals surface area contributed by atoms with Gasteiger partial charge in [0.25, 0.3) is 0 Å². The molecule has 0 saturated carbocycles. The highest BCUT2D eigenvalue weighted by molar-refractivity contribution is 7.89. The molecule has 0 aliphatic heterocycles. The van der Waals surface area contributed by atoms with Crippen LogP contribution in [0.1, 0.15) is 25.3 Å². The van der Waals surface area contributed by atoms with Crippen molar-refractivity contribution in [1.82, 2.24) is 4.72 Å². The summed E-state index contributed by atoms with van der Waals surface area (Å²) in [7, 11) is -4.50. The molecule has 0 amide bonds. The Morgan fingerprint density at radius 2 is 2.00 bits per heavy atom. The lowest BCUT2D eigenvalue weighted by Crippen LogP contribution is -2.40. The second kappa shape index (κ2) is 6.84. The lowest BCUT2D eigenvalue weighted by Gasteiger charge is -2.16. The van der Waals surface area contributed by atoms with Gasteiger partial charge in [-0.2, -0.15) is 17.9 Å². The highest BCUT2D eigenvalue weighted by Crippen LogP contribution is 2.33. The monoisotopic (exact) mass is 359 g/mol. The standard InChI is InChI=1S/C12H13ClF3NO4S/c1-2-3-9(11(18)19)17-22(20,21)10-6-7(12(14,15)16)4-5-8(10)13/h4-6,9,17H,2-3H2,1H3,(H,18,19). The first-order valence-corrected chi connectivity index (χ1v) is 7.97. The van der Waals surface area contributed by atoms with Crippen LogP contribution in [0.3, 0.4) is 0 Å². The molecule has 0 spiro atoms. The number of carboxylic acid groups (broad SMARTS) is 1. The summed E-state index contributed by atoms with van der Waals surface area (Å²) in [5.41, 5.74) is -1.19. The van der Waals surface area contributed by atoms with Gasteiger partial charge in [-0.05, 0) is 24.6 Å². The van der Waals surface area contributed by atoms with Gasteiger partial charge < -0.3 is 5.11 Å². The van der Waals surface area contributed by atoms with Gasteiger partial charge in [0.05, 0.1) is 10.6 Å². The summed E-state index contributed by atoms with van der Waals surface area (Å²) in [5, 5.41) is 8.50. The molecule has 1 atom stereocenters. The molecule has 0 aromatic heterocycles. The number of halogens is 4. The van der Waals surface area contributed by atoms with Crippen LogP contribution in [0.15, 0.2) is 23.1 Å². The molecule has 1 rings (SSSR count). The maximum atomic E-state index is 12.6. The van der Waals surface area contributed by atoms with Crippen LogP contribution in [0, 0.1) is 0 Å². The van der Waals surface area contributed by atoms with Crippen molar-refractivity contribution in [3.8, 4) is 0 Å². The smallest absolute Gasteiger partial charge is 0.416 e. The SMILES string of the molecule is CCCC(NS(=O)(=O)c1cc(C(F)(F)F)ccc1Cl)C(=O)O. The predicted molar refractivity (Wildman–Crippen MR) is 73.1 cm³/mol. The van der Waals surface area contributed by atoms with E-state index in [1.54, 1.807) is 6.92 Å². The van der Waals surface area contributed by atoms with Gasteiger partial charge >= 0.3 is 12.1 Å². The van der Waals surface area contributed by atoms with Crippen LogP contribution in [-0.2, 0) is 21.0 Å². The molecule has 22 heavy (non-hydrogen) atoms. The maximum absolute atomic E-state index is 12.6. The first kappa shape index (κ1) is 18.7. The minimum atomic E-state index is -4.75. The lowest BCUT2D eigenvalue weighted by atomic mass is 10.2. The van der Waals surface area contributed by atoms with Gasteiger partial charge in [-0.3, -0.25) is 4.79 Å². The number of rotatable bonds is 6. The van der Waals surface area contributed by atoms with Gasteiger partial charge in [0.15, 0.2) is 0 Å². The zero-order chi connectivity index (χ0) is 17.1. The first-order valence-electron chi connectivity index (χ1n) is 6.11. The van der Waals surface area contributed by atoms with Crippen molar-refractivity contribution in [2.24, 2.45) is 0 Å². The summed E-state index contributed by atoms with van der Waals surface area (Å²) in [4.78, 5) is 10.2. The van der Waals surface area contributed by atoms with Gasteiger partial charge in [0.2, 0.25) is 10.0 Å². The minimum absolute atomic E-state index is 0.00879. The van der Waals surface area contributed by atoms with Crippen LogP contribution >= 0.6 is 11.6 Å². The Balaban J connectivity index is 3.25. The number of hydrogen-bond acceptors (Lipinski definition) is 3. The largest absolute Gasteiger partial charge is 0.480 e. The Kier molecular flexibility index (Phi) is 5.82. The second-order valence-electron chi connectivity index (χ2n) is 4.44. The van der Waals surface area contributed by atoms with Crippen molar-refractivity contribution in [2.45, 2.75) is 36.9 Å². The number of carboxylic acids is 1. The Hall–Kier alpha value is -1.32. The van der Waals surface area contributed by atoms with Gasteiger partial charge in [0, 0.05) is 0 Å². The van der Waals surface area contributed by atoms with Gasteiger partial charge in [-0.15, -0.1) is 0 Å². The average Bonchev–Trinajstić information content (AvgIpc) is 2.36. The van der Waals surface area contributed by atoms with E-state index in [9.17, 15) is 26.4 Å². The molecule has 124 valence electrons. The summed E-state index contributed by atoms with van der Waals surface area (Å²) in [6, 6.07) is 0.368. The van der Waals surface area contributed by atoms with E-state index < -0.39 is 43.7 Å². The molecule has 10 heteroatoms. The zero-order valence-electron chi connectivity index (χ0n) is 11.3. The normalized spacial score (nSPS) is 13.9. The van der Waals surface area contributed by atoms with Crippen molar-refractivity contribution < 1.29 is 31.5 Å². The van der Waals surface area contributed by atoms with Crippen LogP contribution in [0.25, 0.3) is 0 Å². The summed E-state index contributed by atoms with van der Waals surface area (Å²) in [6.07, 6.45) is -4.38. The lowest BCUT2D eigenvalue weighted by molar-refractivity contribution is -0.139. The Bertz CT molecular complexity index is 661. The molecule has 0 saturated heterocycles. The number of hydrogen-bond donors (Lipinski definition) is 2. The Morgan fingerprint density at radius 3 is 2.45 bits per heavy atom. The van der Waals surface area contributed by atoms with E-state index in [0.717, 1.165) is 6.07 Å². The third-order valence-corrected chi connectivity index (χ3v) is 4.67. The molecule has 5 nitrogen and oxygen atoms in total. The van der Waals surface area contributed by atoms with Crippen LogP contribution in [-0.4, -0.2) is 25.5 Å². The number of aliphatic carboxylic acids is 1.